The van der Waals surface area contributed by atoms with Crippen LogP contribution in [-0.2, 0) is 0 Å². The van der Waals surface area contributed by atoms with Crippen LogP contribution >= 0.6 is 0 Å². The molecule has 0 amide bonds. The van der Waals surface area contributed by atoms with Crippen molar-refractivity contribution >= 4 is 43.6 Å². The summed E-state index contributed by atoms with van der Waals surface area (Å²) in [5, 5.41) is 5.10. The molecule has 0 radical (unpaired) electrons. The third-order valence-corrected chi connectivity index (χ3v) is 6.53. The molecule has 2 nitrogen and oxygen atoms in total. The van der Waals surface area contributed by atoms with E-state index in [-0.39, 0.29) is 1.43 Å². The molecule has 0 atom stereocenters. The van der Waals surface area contributed by atoms with Crippen molar-refractivity contribution in [3.05, 3.63) is 115 Å². The number of hydrogen-bond donors (Lipinski definition) is 1. The van der Waals surface area contributed by atoms with Crippen molar-refractivity contribution in [3.63, 3.8) is 0 Å². The Bertz CT molecular complexity index is 1770. The van der Waals surface area contributed by atoms with E-state index in [9.17, 15) is 0 Å². The van der Waals surface area contributed by atoms with Crippen LogP contribution in [0.2, 0.25) is 0 Å². The number of aromatic amines is 1. The van der Waals surface area contributed by atoms with Gasteiger partial charge in [0.15, 0.2) is 0 Å². The first-order valence-electron chi connectivity index (χ1n) is 11.0. The Balaban J connectivity index is 0.00000206. The first-order chi connectivity index (χ1) is 15.9. The summed E-state index contributed by atoms with van der Waals surface area (Å²) in [6, 6.07) is 41.3. The van der Waals surface area contributed by atoms with Crippen molar-refractivity contribution in [1.29, 1.82) is 0 Å². The van der Waals surface area contributed by atoms with Gasteiger partial charge in [-0.25, -0.2) is 0 Å². The quantitative estimate of drug-likeness (QED) is 0.296. The fourth-order valence-corrected chi connectivity index (χ4v) is 5.04. The van der Waals surface area contributed by atoms with E-state index in [1.165, 1.54) is 60.4 Å². The van der Waals surface area contributed by atoms with E-state index in [2.05, 4.69) is 125 Å². The molecule has 0 spiro atoms. The molecule has 5 aromatic carbocycles. The minimum atomic E-state index is 0. The van der Waals surface area contributed by atoms with Crippen molar-refractivity contribution in [3.8, 4) is 16.8 Å². The zero-order valence-electron chi connectivity index (χ0n) is 17.4. The maximum Gasteiger partial charge on any atom is 0.0541 e. The highest BCUT2D eigenvalue weighted by molar-refractivity contribution is 6.11. The Labute approximate surface area is 186 Å². The molecule has 32 heavy (non-hydrogen) atoms. The molecule has 0 bridgehead atoms. The maximum atomic E-state index is 3.58. The molecule has 2 heteroatoms. The SMILES string of the molecule is [HH].c1ccc(-n2c3ccccc3c3cc(-c4ccc5c(c4)[nH]c4ccccc45)ccc32)cc1. The number of para-hydroxylation sites is 3. The summed E-state index contributed by atoms with van der Waals surface area (Å²) in [6.07, 6.45) is 0. The van der Waals surface area contributed by atoms with Crippen LogP contribution in [0.5, 0.6) is 0 Å². The van der Waals surface area contributed by atoms with E-state index >= 15 is 0 Å². The number of benzene rings is 5. The molecule has 0 fully saturated rings. The standard InChI is InChI=1S/C30H20N2.H2/c1-2-8-22(9-3-1)32-29-13-7-5-11-25(29)26-18-20(15-17-30(26)32)21-14-16-24-23-10-4-6-12-27(23)31-28(24)19-21;/h1-19,31H;1H. The summed E-state index contributed by atoms with van der Waals surface area (Å²) in [6.45, 7) is 0. The average molecular weight is 411 g/mol. The van der Waals surface area contributed by atoms with Crippen LogP contribution in [0.3, 0.4) is 0 Å². The molecular weight excluding hydrogens is 388 g/mol. The van der Waals surface area contributed by atoms with Crippen LogP contribution in [0.4, 0.5) is 0 Å². The molecule has 2 heterocycles. The second-order valence-electron chi connectivity index (χ2n) is 8.35. The summed E-state index contributed by atoms with van der Waals surface area (Å²) in [5.74, 6) is 0. The Morgan fingerprint density at radius 3 is 2.03 bits per heavy atom. The molecular formula is C30H22N2. The summed E-state index contributed by atoms with van der Waals surface area (Å²) >= 11 is 0. The lowest BCUT2D eigenvalue weighted by Crippen LogP contribution is -1.92. The fraction of sp³-hybridized carbons (Fsp3) is 0. The van der Waals surface area contributed by atoms with Crippen LogP contribution in [0.15, 0.2) is 115 Å². The number of nitrogens with zero attached hydrogens (tertiary/aromatic N) is 1. The van der Waals surface area contributed by atoms with Gasteiger partial charge >= 0.3 is 0 Å². The molecule has 1 N–H and O–H groups in total. The predicted molar refractivity (Wildman–Crippen MR) is 138 cm³/mol. The zero-order chi connectivity index (χ0) is 21.1. The Morgan fingerprint density at radius 2 is 1.12 bits per heavy atom. The van der Waals surface area contributed by atoms with Gasteiger partial charge in [0.05, 0.1) is 11.0 Å². The van der Waals surface area contributed by atoms with Crippen molar-refractivity contribution in [2.75, 3.05) is 0 Å². The van der Waals surface area contributed by atoms with Crippen LogP contribution < -0.4 is 0 Å². The fourth-order valence-electron chi connectivity index (χ4n) is 5.04. The number of H-pyrrole nitrogens is 1. The predicted octanol–water partition coefficient (Wildman–Crippen LogP) is 8.33. The van der Waals surface area contributed by atoms with Crippen LogP contribution in [-0.4, -0.2) is 9.55 Å². The van der Waals surface area contributed by atoms with Gasteiger partial charge in [-0.15, -0.1) is 0 Å². The monoisotopic (exact) mass is 410 g/mol. The summed E-state index contributed by atoms with van der Waals surface area (Å²) in [4.78, 5) is 3.58. The molecule has 0 unspecified atom stereocenters. The molecule has 152 valence electrons. The van der Waals surface area contributed by atoms with Gasteiger partial charge in [-0.05, 0) is 53.6 Å². The first-order valence-corrected chi connectivity index (χ1v) is 11.0. The lowest BCUT2D eigenvalue weighted by atomic mass is 10.0. The van der Waals surface area contributed by atoms with Gasteiger partial charge in [-0.1, -0.05) is 72.8 Å². The lowest BCUT2D eigenvalue weighted by Gasteiger charge is -2.08. The Morgan fingerprint density at radius 1 is 0.469 bits per heavy atom. The number of hydrogen-bond acceptors (Lipinski definition) is 0. The number of rotatable bonds is 2. The zero-order valence-corrected chi connectivity index (χ0v) is 17.4. The molecule has 0 saturated heterocycles. The topological polar surface area (TPSA) is 20.7 Å². The van der Waals surface area contributed by atoms with E-state index in [0.29, 0.717) is 0 Å². The maximum absolute atomic E-state index is 3.58. The highest BCUT2D eigenvalue weighted by atomic mass is 15.0. The number of aromatic nitrogens is 2. The number of nitrogens with one attached hydrogen (secondary N) is 1. The number of fused-ring (bicyclic) bond motifs is 6. The summed E-state index contributed by atoms with van der Waals surface area (Å²) in [5.41, 5.74) is 8.46. The molecule has 0 aliphatic carbocycles. The highest BCUT2D eigenvalue weighted by Crippen LogP contribution is 2.36. The molecule has 7 aromatic rings. The second kappa shape index (κ2) is 6.60. The van der Waals surface area contributed by atoms with E-state index < -0.39 is 0 Å². The molecule has 0 saturated carbocycles. The van der Waals surface area contributed by atoms with Gasteiger partial charge in [0.1, 0.15) is 0 Å². The molecule has 0 aliphatic heterocycles. The summed E-state index contributed by atoms with van der Waals surface area (Å²) in [7, 11) is 0. The van der Waals surface area contributed by atoms with Crippen molar-refractivity contribution < 1.29 is 1.43 Å². The minimum absolute atomic E-state index is 0. The lowest BCUT2D eigenvalue weighted by molar-refractivity contribution is 1.18. The minimum Gasteiger partial charge on any atom is -0.354 e. The van der Waals surface area contributed by atoms with Crippen molar-refractivity contribution in [1.82, 2.24) is 9.55 Å². The normalized spacial score (nSPS) is 11.8. The van der Waals surface area contributed by atoms with Gasteiger partial charge in [-0.2, -0.15) is 0 Å². The van der Waals surface area contributed by atoms with Gasteiger partial charge in [-0.3, -0.25) is 0 Å². The third-order valence-electron chi connectivity index (χ3n) is 6.53. The smallest absolute Gasteiger partial charge is 0.0541 e. The molecule has 0 aliphatic rings. The largest absolute Gasteiger partial charge is 0.354 e. The van der Waals surface area contributed by atoms with E-state index in [0.717, 1.165) is 0 Å². The molecule has 7 rings (SSSR count). The van der Waals surface area contributed by atoms with Gasteiger partial charge < -0.3 is 9.55 Å². The van der Waals surface area contributed by atoms with E-state index in [1.54, 1.807) is 0 Å². The third kappa shape index (κ3) is 2.47. The van der Waals surface area contributed by atoms with E-state index in [4.69, 9.17) is 0 Å². The summed E-state index contributed by atoms with van der Waals surface area (Å²) < 4.78 is 2.36. The second-order valence-corrected chi connectivity index (χ2v) is 8.35. The Hall–Kier alpha value is -4.30. The van der Waals surface area contributed by atoms with Crippen LogP contribution in [0.1, 0.15) is 1.43 Å². The van der Waals surface area contributed by atoms with E-state index in [1.807, 2.05) is 0 Å². The first kappa shape index (κ1) is 17.4. The van der Waals surface area contributed by atoms with Gasteiger partial charge in [0.2, 0.25) is 0 Å². The highest BCUT2D eigenvalue weighted by Gasteiger charge is 2.13. The van der Waals surface area contributed by atoms with Crippen LogP contribution in [0.25, 0.3) is 60.4 Å². The molecule has 2 aromatic heterocycles. The van der Waals surface area contributed by atoms with Crippen LogP contribution in [0, 0.1) is 0 Å². The Kier molecular flexibility index (Phi) is 3.58. The van der Waals surface area contributed by atoms with Gasteiger partial charge in [0.25, 0.3) is 0 Å². The van der Waals surface area contributed by atoms with Crippen molar-refractivity contribution in [2.24, 2.45) is 0 Å². The average Bonchev–Trinajstić information content (AvgIpc) is 3.39. The van der Waals surface area contributed by atoms with Gasteiger partial charge in [0, 0.05) is 39.7 Å². The van der Waals surface area contributed by atoms with Crippen molar-refractivity contribution in [2.45, 2.75) is 0 Å².